The largest absolute Gasteiger partial charge is 0.494 e. The van der Waals surface area contributed by atoms with Gasteiger partial charge in [-0.3, -0.25) is 9.89 Å². The minimum absolute atomic E-state index is 0.126. The van der Waals surface area contributed by atoms with Gasteiger partial charge in [0.05, 0.1) is 12.3 Å². The standard InChI is InChI=1S/C26H30ClN3O2/c1-26(2,3)19-9-11-21(12-10-19)32-15-5-8-24(31)30-14-13-23-22(17-30)25(29-28-23)18-6-4-7-20(27)16-18/h4,6-7,9-12,16H,5,8,13-15,17H2,1-3H3,(H,28,29). The van der Waals surface area contributed by atoms with Crippen molar-refractivity contribution in [3.63, 3.8) is 0 Å². The number of amides is 1. The lowest BCUT2D eigenvalue weighted by Crippen LogP contribution is -2.36. The molecule has 6 heteroatoms. The third-order valence-electron chi connectivity index (χ3n) is 5.91. The quantitative estimate of drug-likeness (QED) is 0.484. The Labute approximate surface area is 194 Å². The zero-order valence-corrected chi connectivity index (χ0v) is 19.7. The summed E-state index contributed by atoms with van der Waals surface area (Å²) >= 11 is 6.15. The highest BCUT2D eigenvalue weighted by Gasteiger charge is 2.25. The molecular weight excluding hydrogens is 422 g/mol. The molecule has 0 unspecified atom stereocenters. The lowest BCUT2D eigenvalue weighted by Gasteiger charge is -2.27. The minimum Gasteiger partial charge on any atom is -0.494 e. The van der Waals surface area contributed by atoms with E-state index < -0.39 is 0 Å². The SMILES string of the molecule is CC(C)(C)c1ccc(OCCCC(=O)N2CCc3[nH]nc(-c4cccc(Cl)c4)c3C2)cc1. The van der Waals surface area contributed by atoms with Gasteiger partial charge < -0.3 is 9.64 Å². The summed E-state index contributed by atoms with van der Waals surface area (Å²) < 4.78 is 5.85. The second-order valence-electron chi connectivity index (χ2n) is 9.33. The van der Waals surface area contributed by atoms with Crippen LogP contribution < -0.4 is 4.74 Å². The van der Waals surface area contributed by atoms with Crippen molar-refractivity contribution in [2.75, 3.05) is 13.2 Å². The van der Waals surface area contributed by atoms with E-state index in [9.17, 15) is 4.79 Å². The molecule has 1 N–H and O–H groups in total. The van der Waals surface area contributed by atoms with Crippen molar-refractivity contribution in [1.82, 2.24) is 15.1 Å². The highest BCUT2D eigenvalue weighted by Crippen LogP contribution is 2.30. The predicted molar refractivity (Wildman–Crippen MR) is 128 cm³/mol. The van der Waals surface area contributed by atoms with E-state index in [1.54, 1.807) is 0 Å². The monoisotopic (exact) mass is 451 g/mol. The molecule has 0 spiro atoms. The fraction of sp³-hybridized carbons (Fsp3) is 0.385. The average Bonchev–Trinajstić information content (AvgIpc) is 3.19. The van der Waals surface area contributed by atoms with Crippen molar-refractivity contribution in [1.29, 1.82) is 0 Å². The number of halogens is 1. The summed E-state index contributed by atoms with van der Waals surface area (Å²) in [5.41, 5.74) is 5.44. The highest BCUT2D eigenvalue weighted by atomic mass is 35.5. The number of benzene rings is 2. The van der Waals surface area contributed by atoms with Gasteiger partial charge in [-0.25, -0.2) is 0 Å². The van der Waals surface area contributed by atoms with Crippen LogP contribution >= 0.6 is 11.6 Å². The summed E-state index contributed by atoms with van der Waals surface area (Å²) in [7, 11) is 0. The van der Waals surface area contributed by atoms with Crippen molar-refractivity contribution in [2.45, 2.75) is 52.0 Å². The van der Waals surface area contributed by atoms with Gasteiger partial charge >= 0.3 is 0 Å². The van der Waals surface area contributed by atoms with Gasteiger partial charge in [0.2, 0.25) is 5.91 Å². The first-order chi connectivity index (χ1) is 15.3. The number of fused-ring (bicyclic) bond motifs is 1. The van der Waals surface area contributed by atoms with Crippen LogP contribution in [-0.2, 0) is 23.2 Å². The molecule has 5 nitrogen and oxygen atoms in total. The van der Waals surface area contributed by atoms with Gasteiger partial charge in [-0.15, -0.1) is 0 Å². The minimum atomic E-state index is 0.126. The Morgan fingerprint density at radius 1 is 1.19 bits per heavy atom. The van der Waals surface area contributed by atoms with Crippen molar-refractivity contribution < 1.29 is 9.53 Å². The Kier molecular flexibility index (Phi) is 6.56. The molecular formula is C26H30ClN3O2. The molecule has 1 aliphatic rings. The molecule has 2 heterocycles. The number of hydrogen-bond acceptors (Lipinski definition) is 3. The van der Waals surface area contributed by atoms with E-state index in [2.05, 4.69) is 43.1 Å². The van der Waals surface area contributed by atoms with Gasteiger partial charge in [-0.1, -0.05) is 56.6 Å². The molecule has 0 radical (unpaired) electrons. The first kappa shape index (κ1) is 22.4. The molecule has 1 aromatic heterocycles. The van der Waals surface area contributed by atoms with Gasteiger partial charge in [0, 0.05) is 47.8 Å². The van der Waals surface area contributed by atoms with Gasteiger partial charge in [-0.05, 0) is 41.7 Å². The average molecular weight is 452 g/mol. The third kappa shape index (κ3) is 5.16. The summed E-state index contributed by atoms with van der Waals surface area (Å²) in [6, 6.07) is 15.9. The van der Waals surface area contributed by atoms with Crippen LogP contribution in [0.25, 0.3) is 11.3 Å². The van der Waals surface area contributed by atoms with Crippen LogP contribution in [-0.4, -0.2) is 34.2 Å². The molecule has 3 aromatic rings. The van der Waals surface area contributed by atoms with Gasteiger partial charge in [0.1, 0.15) is 5.75 Å². The fourth-order valence-corrected chi connectivity index (χ4v) is 4.20. The number of ether oxygens (including phenoxy) is 1. The summed E-state index contributed by atoms with van der Waals surface area (Å²) in [4.78, 5) is 14.7. The van der Waals surface area contributed by atoms with E-state index in [0.29, 0.717) is 37.6 Å². The number of rotatable bonds is 6. The Morgan fingerprint density at radius 3 is 2.69 bits per heavy atom. The second kappa shape index (κ2) is 9.37. The normalized spacial score (nSPS) is 13.7. The summed E-state index contributed by atoms with van der Waals surface area (Å²) in [5.74, 6) is 0.998. The first-order valence-corrected chi connectivity index (χ1v) is 11.5. The molecule has 1 amide bonds. The molecule has 0 fully saturated rings. The van der Waals surface area contributed by atoms with Crippen LogP contribution in [0.15, 0.2) is 48.5 Å². The Morgan fingerprint density at radius 2 is 1.97 bits per heavy atom. The molecule has 0 saturated carbocycles. The molecule has 168 valence electrons. The van der Waals surface area contributed by atoms with Crippen molar-refractivity contribution in [3.05, 3.63) is 70.4 Å². The van der Waals surface area contributed by atoms with Gasteiger partial charge in [0.15, 0.2) is 0 Å². The Bertz CT molecular complexity index is 1080. The number of H-pyrrole nitrogens is 1. The molecule has 0 bridgehead atoms. The maximum Gasteiger partial charge on any atom is 0.223 e. The number of aromatic nitrogens is 2. The summed E-state index contributed by atoms with van der Waals surface area (Å²) in [6.45, 7) is 8.39. The smallest absolute Gasteiger partial charge is 0.223 e. The van der Waals surface area contributed by atoms with Crippen LogP contribution in [0.1, 0.15) is 50.4 Å². The number of nitrogens with zero attached hydrogens (tertiary/aromatic N) is 2. The Hall–Kier alpha value is -2.79. The summed E-state index contributed by atoms with van der Waals surface area (Å²) in [6.07, 6.45) is 1.95. The van der Waals surface area contributed by atoms with Crippen LogP contribution in [0, 0.1) is 0 Å². The maximum atomic E-state index is 12.8. The Balaban J connectivity index is 1.30. The van der Waals surface area contributed by atoms with Crippen LogP contribution in [0.5, 0.6) is 5.75 Å². The number of carbonyl (C=O) groups excluding carboxylic acids is 1. The molecule has 0 saturated heterocycles. The fourth-order valence-electron chi connectivity index (χ4n) is 4.01. The van der Waals surface area contributed by atoms with Gasteiger partial charge in [-0.2, -0.15) is 5.10 Å². The molecule has 32 heavy (non-hydrogen) atoms. The topological polar surface area (TPSA) is 58.2 Å². The lowest BCUT2D eigenvalue weighted by atomic mass is 9.87. The van der Waals surface area contributed by atoms with E-state index in [4.69, 9.17) is 16.3 Å². The summed E-state index contributed by atoms with van der Waals surface area (Å²) in [5, 5.41) is 8.30. The lowest BCUT2D eigenvalue weighted by molar-refractivity contribution is -0.132. The first-order valence-electron chi connectivity index (χ1n) is 11.1. The van der Waals surface area contributed by atoms with Gasteiger partial charge in [0.25, 0.3) is 0 Å². The molecule has 1 aliphatic heterocycles. The predicted octanol–water partition coefficient (Wildman–Crippen LogP) is 5.77. The van der Waals surface area contributed by atoms with Crippen molar-refractivity contribution >= 4 is 17.5 Å². The number of carbonyl (C=O) groups is 1. The molecule has 0 atom stereocenters. The molecule has 2 aromatic carbocycles. The maximum absolute atomic E-state index is 12.8. The van der Waals surface area contributed by atoms with Crippen molar-refractivity contribution in [2.24, 2.45) is 0 Å². The zero-order valence-electron chi connectivity index (χ0n) is 19.0. The third-order valence-corrected chi connectivity index (χ3v) is 6.14. The van der Waals surface area contributed by atoms with E-state index in [0.717, 1.165) is 34.7 Å². The van der Waals surface area contributed by atoms with Crippen LogP contribution in [0.2, 0.25) is 5.02 Å². The van der Waals surface area contributed by atoms with E-state index in [1.807, 2.05) is 41.3 Å². The van der Waals surface area contributed by atoms with Crippen LogP contribution in [0.3, 0.4) is 0 Å². The molecule has 4 rings (SSSR count). The molecule has 0 aliphatic carbocycles. The number of hydrogen-bond donors (Lipinski definition) is 1. The number of nitrogens with one attached hydrogen (secondary N) is 1. The number of aromatic amines is 1. The van der Waals surface area contributed by atoms with E-state index in [-0.39, 0.29) is 11.3 Å². The van der Waals surface area contributed by atoms with E-state index in [1.165, 1.54) is 5.56 Å². The van der Waals surface area contributed by atoms with E-state index >= 15 is 0 Å². The van der Waals surface area contributed by atoms with Crippen LogP contribution in [0.4, 0.5) is 0 Å². The second-order valence-corrected chi connectivity index (χ2v) is 9.77. The highest BCUT2D eigenvalue weighted by molar-refractivity contribution is 6.30. The zero-order chi connectivity index (χ0) is 22.7. The van der Waals surface area contributed by atoms with Crippen molar-refractivity contribution in [3.8, 4) is 17.0 Å².